The van der Waals surface area contributed by atoms with Gasteiger partial charge in [-0.15, -0.1) is 0 Å². The normalized spacial score (nSPS) is 10.7. The molecule has 1 aromatic carbocycles. The number of anilines is 1. The Labute approximate surface area is 120 Å². The zero-order chi connectivity index (χ0) is 13.1. The number of aromatic nitrogens is 2. The average molecular weight is 329 g/mol. The van der Waals surface area contributed by atoms with Gasteiger partial charge >= 0.3 is 0 Å². The topological polar surface area (TPSA) is 29.9 Å². The minimum absolute atomic E-state index is 0.665. The Balaban J connectivity index is 2.13. The summed E-state index contributed by atoms with van der Waals surface area (Å²) in [6.45, 7) is 2.72. The summed E-state index contributed by atoms with van der Waals surface area (Å²) in [5, 5.41) is 8.51. The van der Waals surface area contributed by atoms with Crippen LogP contribution in [0.25, 0.3) is 0 Å². The van der Waals surface area contributed by atoms with Crippen LogP contribution in [0.3, 0.4) is 0 Å². The van der Waals surface area contributed by atoms with E-state index in [-0.39, 0.29) is 0 Å². The number of benzene rings is 1. The molecule has 1 heterocycles. The first-order chi connectivity index (χ1) is 8.61. The molecule has 0 aliphatic heterocycles. The first kappa shape index (κ1) is 13.4. The number of rotatable bonds is 4. The van der Waals surface area contributed by atoms with Gasteiger partial charge in [0.1, 0.15) is 0 Å². The zero-order valence-electron chi connectivity index (χ0n) is 10.4. The molecule has 0 bridgehead atoms. The Kier molecular flexibility index (Phi) is 4.30. The molecule has 18 heavy (non-hydrogen) atoms. The molecule has 0 aliphatic rings. The first-order valence-corrected chi connectivity index (χ1v) is 6.98. The Hall–Kier alpha value is -1.000. The van der Waals surface area contributed by atoms with Crippen molar-refractivity contribution in [3.8, 4) is 0 Å². The van der Waals surface area contributed by atoms with Gasteiger partial charge in [0.25, 0.3) is 0 Å². The van der Waals surface area contributed by atoms with Crippen LogP contribution < -0.4 is 5.32 Å². The van der Waals surface area contributed by atoms with Crippen LogP contribution in [0.4, 0.5) is 5.69 Å². The number of aryl methyl sites for hydroxylation is 2. The van der Waals surface area contributed by atoms with Crippen molar-refractivity contribution in [2.75, 3.05) is 5.32 Å². The van der Waals surface area contributed by atoms with Crippen molar-refractivity contribution < 1.29 is 0 Å². The number of nitrogens with one attached hydrogen (secondary N) is 1. The Morgan fingerprint density at radius 2 is 2.22 bits per heavy atom. The Bertz CT molecular complexity index is 551. The van der Waals surface area contributed by atoms with Crippen LogP contribution in [0.15, 0.2) is 28.7 Å². The van der Waals surface area contributed by atoms with Gasteiger partial charge < -0.3 is 5.32 Å². The highest BCUT2D eigenvalue weighted by Crippen LogP contribution is 2.22. The fourth-order valence-corrected chi connectivity index (χ4v) is 2.56. The summed E-state index contributed by atoms with van der Waals surface area (Å²) in [5.74, 6) is 0. The molecule has 0 atom stereocenters. The molecule has 1 aromatic heterocycles. The first-order valence-electron chi connectivity index (χ1n) is 5.81. The molecule has 0 saturated heterocycles. The van der Waals surface area contributed by atoms with E-state index >= 15 is 0 Å². The van der Waals surface area contributed by atoms with Gasteiger partial charge in [-0.1, -0.05) is 40.5 Å². The van der Waals surface area contributed by atoms with Crippen molar-refractivity contribution in [1.82, 2.24) is 9.78 Å². The molecule has 0 saturated carbocycles. The van der Waals surface area contributed by atoms with Crippen molar-refractivity contribution in [2.45, 2.75) is 19.9 Å². The maximum Gasteiger partial charge on any atom is 0.0868 e. The van der Waals surface area contributed by atoms with E-state index in [0.717, 1.165) is 33.0 Å². The summed E-state index contributed by atoms with van der Waals surface area (Å²) < 4.78 is 2.89. The minimum Gasteiger partial charge on any atom is -0.379 e. The van der Waals surface area contributed by atoms with E-state index in [9.17, 15) is 0 Å². The third-order valence-electron chi connectivity index (χ3n) is 2.79. The van der Waals surface area contributed by atoms with Gasteiger partial charge in [-0.25, -0.2) is 0 Å². The van der Waals surface area contributed by atoms with Gasteiger partial charge in [0.15, 0.2) is 0 Å². The second kappa shape index (κ2) is 5.76. The molecule has 96 valence electrons. The van der Waals surface area contributed by atoms with E-state index < -0.39 is 0 Å². The monoisotopic (exact) mass is 327 g/mol. The predicted molar refractivity (Wildman–Crippen MR) is 79.1 cm³/mol. The van der Waals surface area contributed by atoms with Crippen LogP contribution in [0, 0.1) is 0 Å². The Morgan fingerprint density at radius 3 is 2.83 bits per heavy atom. The highest BCUT2D eigenvalue weighted by Gasteiger charge is 2.12. The summed E-state index contributed by atoms with van der Waals surface area (Å²) in [6, 6.07) is 8.05. The summed E-state index contributed by atoms with van der Waals surface area (Å²) in [5.41, 5.74) is 3.01. The summed E-state index contributed by atoms with van der Waals surface area (Å²) in [7, 11) is 1.92. The molecule has 0 spiro atoms. The van der Waals surface area contributed by atoms with Crippen LogP contribution in [-0.2, 0) is 20.0 Å². The summed E-state index contributed by atoms with van der Waals surface area (Å²) in [4.78, 5) is 0. The summed E-state index contributed by atoms with van der Waals surface area (Å²) >= 11 is 9.74. The lowest BCUT2D eigenvalue weighted by Crippen LogP contribution is -2.05. The highest BCUT2D eigenvalue weighted by atomic mass is 79.9. The van der Waals surface area contributed by atoms with Crippen molar-refractivity contribution in [3.05, 3.63) is 45.1 Å². The standard InChI is InChI=1S/C13H15BrClN3/c1-3-11-13(15)12(18(2)17-11)8-16-10-6-4-5-9(14)7-10/h4-7,16H,3,8H2,1-2H3. The SMILES string of the molecule is CCc1nn(C)c(CNc2cccc(Br)c2)c1Cl. The Morgan fingerprint density at radius 1 is 1.44 bits per heavy atom. The number of hydrogen-bond acceptors (Lipinski definition) is 2. The third kappa shape index (κ3) is 2.87. The van der Waals surface area contributed by atoms with E-state index in [2.05, 4.69) is 33.3 Å². The molecule has 5 heteroatoms. The second-order valence-electron chi connectivity index (χ2n) is 4.05. The van der Waals surface area contributed by atoms with Gasteiger partial charge in [0.05, 0.1) is 23.0 Å². The van der Waals surface area contributed by atoms with E-state index in [1.165, 1.54) is 0 Å². The minimum atomic E-state index is 0.665. The average Bonchev–Trinajstić information content (AvgIpc) is 2.62. The predicted octanol–water partition coefficient (Wildman–Crippen LogP) is 4.01. The van der Waals surface area contributed by atoms with Crippen LogP contribution in [0.5, 0.6) is 0 Å². The van der Waals surface area contributed by atoms with Crippen LogP contribution in [-0.4, -0.2) is 9.78 Å². The lowest BCUT2D eigenvalue weighted by atomic mass is 10.3. The fourth-order valence-electron chi connectivity index (χ4n) is 1.80. The van der Waals surface area contributed by atoms with E-state index in [4.69, 9.17) is 11.6 Å². The number of hydrogen-bond donors (Lipinski definition) is 1. The van der Waals surface area contributed by atoms with Crippen molar-refractivity contribution >= 4 is 33.2 Å². The molecular weight excluding hydrogens is 314 g/mol. The van der Waals surface area contributed by atoms with Gasteiger partial charge in [-0.3, -0.25) is 4.68 Å². The molecule has 1 N–H and O–H groups in total. The molecule has 0 fully saturated rings. The van der Waals surface area contributed by atoms with E-state index in [1.807, 2.05) is 36.0 Å². The largest absolute Gasteiger partial charge is 0.379 e. The van der Waals surface area contributed by atoms with Gasteiger partial charge in [-0.2, -0.15) is 5.10 Å². The van der Waals surface area contributed by atoms with Gasteiger partial charge in [-0.05, 0) is 24.6 Å². The van der Waals surface area contributed by atoms with Crippen molar-refractivity contribution in [3.63, 3.8) is 0 Å². The number of halogens is 2. The van der Waals surface area contributed by atoms with E-state index in [0.29, 0.717) is 6.54 Å². The lowest BCUT2D eigenvalue weighted by molar-refractivity contribution is 0.707. The quantitative estimate of drug-likeness (QED) is 0.919. The van der Waals surface area contributed by atoms with Crippen LogP contribution >= 0.6 is 27.5 Å². The molecule has 0 amide bonds. The third-order valence-corrected chi connectivity index (χ3v) is 3.72. The van der Waals surface area contributed by atoms with Crippen LogP contribution in [0.1, 0.15) is 18.3 Å². The highest BCUT2D eigenvalue weighted by molar-refractivity contribution is 9.10. The maximum atomic E-state index is 6.29. The molecule has 3 nitrogen and oxygen atoms in total. The smallest absolute Gasteiger partial charge is 0.0868 e. The van der Waals surface area contributed by atoms with Gasteiger partial charge in [0, 0.05) is 17.2 Å². The lowest BCUT2D eigenvalue weighted by Gasteiger charge is -2.07. The zero-order valence-corrected chi connectivity index (χ0v) is 12.7. The molecule has 2 rings (SSSR count). The molecule has 0 unspecified atom stereocenters. The maximum absolute atomic E-state index is 6.29. The fraction of sp³-hybridized carbons (Fsp3) is 0.308. The van der Waals surface area contributed by atoms with Crippen LogP contribution in [0.2, 0.25) is 5.02 Å². The van der Waals surface area contributed by atoms with Crippen molar-refractivity contribution in [1.29, 1.82) is 0 Å². The number of nitrogens with zero attached hydrogens (tertiary/aromatic N) is 2. The molecule has 0 radical (unpaired) electrons. The molecule has 2 aromatic rings. The van der Waals surface area contributed by atoms with Crippen molar-refractivity contribution in [2.24, 2.45) is 7.05 Å². The van der Waals surface area contributed by atoms with Gasteiger partial charge in [0.2, 0.25) is 0 Å². The van der Waals surface area contributed by atoms with E-state index in [1.54, 1.807) is 0 Å². The second-order valence-corrected chi connectivity index (χ2v) is 5.34. The summed E-state index contributed by atoms with van der Waals surface area (Å²) in [6.07, 6.45) is 0.851. The molecular formula is C13H15BrClN3. The molecule has 0 aliphatic carbocycles.